The Bertz CT molecular complexity index is 1010. The van der Waals surface area contributed by atoms with Crippen LogP contribution in [0.4, 0.5) is 4.79 Å². The number of aromatic nitrogens is 2. The van der Waals surface area contributed by atoms with Gasteiger partial charge in [0.2, 0.25) is 0 Å². The van der Waals surface area contributed by atoms with E-state index in [2.05, 4.69) is 26.2 Å². The van der Waals surface area contributed by atoms with Crippen LogP contribution in [0.15, 0.2) is 20.8 Å². The predicted molar refractivity (Wildman–Crippen MR) is 127 cm³/mol. The molecule has 0 aliphatic carbocycles. The van der Waals surface area contributed by atoms with Crippen LogP contribution < -0.4 is 16.6 Å². The molecule has 1 aromatic rings. The van der Waals surface area contributed by atoms with Gasteiger partial charge < -0.3 is 24.6 Å². The highest BCUT2D eigenvalue weighted by molar-refractivity contribution is 9.11. The van der Waals surface area contributed by atoms with E-state index in [9.17, 15) is 24.3 Å². The molecule has 11 nitrogen and oxygen atoms in total. The van der Waals surface area contributed by atoms with Crippen molar-refractivity contribution < 1.29 is 28.9 Å². The molecular formula is C22H32BrN3O8. The van der Waals surface area contributed by atoms with Gasteiger partial charge in [-0.2, -0.15) is 0 Å². The molecule has 1 amide bonds. The summed E-state index contributed by atoms with van der Waals surface area (Å²) in [5.41, 5.74) is -1.80. The molecule has 2 rings (SSSR count). The fourth-order valence-electron chi connectivity index (χ4n) is 3.39. The van der Waals surface area contributed by atoms with Gasteiger partial charge in [-0.05, 0) is 37.8 Å². The summed E-state index contributed by atoms with van der Waals surface area (Å²) < 4.78 is 17.8. The lowest BCUT2D eigenvalue weighted by Gasteiger charge is -2.27. The molecule has 3 N–H and O–H groups in total. The van der Waals surface area contributed by atoms with Crippen LogP contribution in [0.1, 0.15) is 59.3 Å². The Morgan fingerprint density at radius 3 is 2.65 bits per heavy atom. The molecule has 5 atom stereocenters. The number of alkyl carbamates (subject to hydrolysis) is 1. The van der Waals surface area contributed by atoms with Gasteiger partial charge in [0.15, 0.2) is 0 Å². The zero-order valence-electron chi connectivity index (χ0n) is 19.9. The molecule has 190 valence electrons. The Labute approximate surface area is 205 Å². The second-order valence-corrected chi connectivity index (χ2v) is 9.60. The summed E-state index contributed by atoms with van der Waals surface area (Å²) in [7, 11) is 0. The predicted octanol–water partition coefficient (Wildman–Crippen LogP) is 2.03. The maximum absolute atomic E-state index is 13.0. The minimum absolute atomic E-state index is 0.0556. The number of hydrogen-bond donors (Lipinski definition) is 3. The minimum atomic E-state index is -0.982. The number of H-pyrrole nitrogens is 1. The minimum Gasteiger partial charge on any atom is -0.458 e. The fourth-order valence-corrected chi connectivity index (χ4v) is 3.67. The molecular weight excluding hydrogens is 514 g/mol. The van der Waals surface area contributed by atoms with E-state index in [0.29, 0.717) is 6.42 Å². The highest BCUT2D eigenvalue weighted by Gasteiger charge is 2.41. The zero-order chi connectivity index (χ0) is 25.6. The van der Waals surface area contributed by atoms with Crippen molar-refractivity contribution in [2.45, 2.75) is 77.5 Å². The first-order chi connectivity index (χ1) is 15.9. The van der Waals surface area contributed by atoms with Gasteiger partial charge in [-0.15, -0.1) is 0 Å². The number of aromatic amines is 1. The van der Waals surface area contributed by atoms with Crippen LogP contribution in [0, 0.1) is 5.92 Å². The van der Waals surface area contributed by atoms with E-state index >= 15 is 0 Å². The Kier molecular flexibility index (Phi) is 9.65. The second kappa shape index (κ2) is 11.8. The number of halogens is 1. The number of aliphatic hydroxyl groups is 1. The third-order valence-corrected chi connectivity index (χ3v) is 5.58. The summed E-state index contributed by atoms with van der Waals surface area (Å²) in [5, 5.41) is 12.3. The molecule has 12 heteroatoms. The van der Waals surface area contributed by atoms with Gasteiger partial charge in [0.1, 0.15) is 30.1 Å². The molecule has 0 saturated carbocycles. The SMILES string of the molecule is CC[C@H](C)[C@@H](NC(=O)OC(C)(C)C)C(=O)O[C@H]1C[C@H](n2cc(/C=C/Br)c(=O)[nH]c2=O)O[C@@H]1CO. The van der Waals surface area contributed by atoms with Crippen LogP contribution in [0.3, 0.4) is 0 Å². The van der Waals surface area contributed by atoms with Crippen molar-refractivity contribution in [2.24, 2.45) is 5.92 Å². The van der Waals surface area contributed by atoms with Gasteiger partial charge in [0.25, 0.3) is 5.56 Å². The molecule has 34 heavy (non-hydrogen) atoms. The van der Waals surface area contributed by atoms with Crippen LogP contribution >= 0.6 is 15.9 Å². The first kappa shape index (κ1) is 27.8. The molecule has 1 fully saturated rings. The van der Waals surface area contributed by atoms with Crippen LogP contribution in [0.25, 0.3) is 6.08 Å². The average Bonchev–Trinajstić information content (AvgIpc) is 3.14. The normalized spacial score (nSPS) is 22.4. The van der Waals surface area contributed by atoms with E-state index in [1.807, 2.05) is 6.92 Å². The molecule has 1 aromatic heterocycles. The molecule has 0 aromatic carbocycles. The Balaban J connectivity index is 2.20. The van der Waals surface area contributed by atoms with E-state index < -0.39 is 60.0 Å². The number of ether oxygens (including phenoxy) is 3. The number of carbonyl (C=O) groups excluding carboxylic acids is 2. The largest absolute Gasteiger partial charge is 0.458 e. The van der Waals surface area contributed by atoms with Crippen LogP contribution in [-0.4, -0.2) is 57.2 Å². The molecule has 0 spiro atoms. The number of nitrogens with zero attached hydrogens (tertiary/aromatic N) is 1. The van der Waals surface area contributed by atoms with Gasteiger partial charge in [-0.3, -0.25) is 14.3 Å². The van der Waals surface area contributed by atoms with Crippen molar-refractivity contribution >= 4 is 34.1 Å². The second-order valence-electron chi connectivity index (χ2n) is 9.08. The van der Waals surface area contributed by atoms with Crippen molar-refractivity contribution in [2.75, 3.05) is 6.61 Å². The Morgan fingerprint density at radius 2 is 2.09 bits per heavy atom. The van der Waals surface area contributed by atoms with Crippen molar-refractivity contribution in [3.8, 4) is 0 Å². The lowest BCUT2D eigenvalue weighted by Crippen LogP contribution is -2.49. The summed E-state index contributed by atoms with van der Waals surface area (Å²) in [6.45, 7) is 8.33. The number of carbonyl (C=O) groups is 2. The summed E-state index contributed by atoms with van der Waals surface area (Å²) in [6, 6.07) is -0.982. The molecule has 1 aliphatic rings. The maximum Gasteiger partial charge on any atom is 0.408 e. The quantitative estimate of drug-likeness (QED) is 0.420. The topological polar surface area (TPSA) is 149 Å². The summed E-state index contributed by atoms with van der Waals surface area (Å²) in [6.07, 6.45) is 0.00624. The molecule has 0 bridgehead atoms. The highest BCUT2D eigenvalue weighted by atomic mass is 79.9. The van der Waals surface area contributed by atoms with E-state index in [4.69, 9.17) is 14.2 Å². The lowest BCUT2D eigenvalue weighted by molar-refractivity contribution is -0.157. The first-order valence-corrected chi connectivity index (χ1v) is 11.9. The molecule has 1 saturated heterocycles. The number of hydrogen-bond acceptors (Lipinski definition) is 8. The van der Waals surface area contributed by atoms with Crippen molar-refractivity contribution in [3.05, 3.63) is 37.6 Å². The number of nitrogens with one attached hydrogen (secondary N) is 2. The Hall–Kier alpha value is -2.44. The van der Waals surface area contributed by atoms with Crippen LogP contribution in [-0.2, 0) is 19.0 Å². The standard InChI is InChI=1S/C22H32BrN3O8/c1-6-12(2)17(24-21(31)34-22(3,4)5)19(29)33-14-9-16(32-15(14)11-27)26-10-13(7-8-23)18(28)25-20(26)30/h7-8,10,12,14-17,27H,6,9,11H2,1-5H3,(H,24,31)(H,25,28,30)/b8-7+/t12-,14-,15+,16+,17+/m0/s1. The number of esters is 1. The third-order valence-electron chi connectivity index (χ3n) is 5.32. The van der Waals surface area contributed by atoms with Gasteiger partial charge in [0.05, 0.1) is 12.2 Å². The molecule has 0 unspecified atom stereocenters. The molecule has 2 heterocycles. The van der Waals surface area contributed by atoms with E-state index in [-0.39, 0.29) is 17.9 Å². The summed E-state index contributed by atoms with van der Waals surface area (Å²) in [4.78, 5) is 53.2. The maximum atomic E-state index is 13.0. The van der Waals surface area contributed by atoms with E-state index in [0.717, 1.165) is 0 Å². The highest BCUT2D eigenvalue weighted by Crippen LogP contribution is 2.30. The lowest BCUT2D eigenvalue weighted by atomic mass is 9.99. The van der Waals surface area contributed by atoms with Crippen LogP contribution in [0.2, 0.25) is 0 Å². The van der Waals surface area contributed by atoms with Crippen molar-refractivity contribution in [1.29, 1.82) is 0 Å². The van der Waals surface area contributed by atoms with Gasteiger partial charge in [0, 0.05) is 12.6 Å². The third kappa shape index (κ3) is 7.28. The monoisotopic (exact) mass is 545 g/mol. The zero-order valence-corrected chi connectivity index (χ0v) is 21.5. The number of rotatable bonds is 8. The van der Waals surface area contributed by atoms with Gasteiger partial charge in [-0.25, -0.2) is 14.4 Å². The first-order valence-electron chi connectivity index (χ1n) is 11.0. The number of amides is 1. The van der Waals surface area contributed by atoms with Crippen molar-refractivity contribution in [1.82, 2.24) is 14.9 Å². The van der Waals surface area contributed by atoms with Crippen LogP contribution in [0.5, 0.6) is 0 Å². The summed E-state index contributed by atoms with van der Waals surface area (Å²) in [5.74, 6) is -0.962. The van der Waals surface area contributed by atoms with Gasteiger partial charge in [-0.1, -0.05) is 36.2 Å². The summed E-state index contributed by atoms with van der Waals surface area (Å²) >= 11 is 3.09. The smallest absolute Gasteiger partial charge is 0.408 e. The Morgan fingerprint density at radius 1 is 1.41 bits per heavy atom. The average molecular weight is 546 g/mol. The molecule has 0 radical (unpaired) electrons. The van der Waals surface area contributed by atoms with E-state index in [1.165, 1.54) is 21.8 Å². The van der Waals surface area contributed by atoms with Crippen molar-refractivity contribution in [3.63, 3.8) is 0 Å². The van der Waals surface area contributed by atoms with E-state index in [1.54, 1.807) is 27.7 Å². The number of aliphatic hydroxyl groups excluding tert-OH is 1. The van der Waals surface area contributed by atoms with Gasteiger partial charge >= 0.3 is 17.8 Å². The fraction of sp³-hybridized carbons (Fsp3) is 0.636. The molecule has 1 aliphatic heterocycles.